The van der Waals surface area contributed by atoms with E-state index < -0.39 is 11.7 Å². The van der Waals surface area contributed by atoms with Gasteiger partial charge in [0.15, 0.2) is 5.96 Å². The predicted molar refractivity (Wildman–Crippen MR) is 97.1 cm³/mol. The number of halogens is 4. The van der Waals surface area contributed by atoms with Crippen LogP contribution in [-0.4, -0.2) is 19.0 Å². The second kappa shape index (κ2) is 8.03. The third-order valence-corrected chi connectivity index (χ3v) is 4.09. The maximum atomic E-state index is 12.9. The summed E-state index contributed by atoms with van der Waals surface area (Å²) in [4.78, 5) is 4.28. The quantitative estimate of drug-likeness (QED) is 0.317. The third kappa shape index (κ3) is 4.86. The van der Waals surface area contributed by atoms with E-state index in [9.17, 15) is 13.2 Å². The van der Waals surface area contributed by atoms with E-state index in [2.05, 4.69) is 16.9 Å². The number of aliphatic imine (C=N–C) groups is 1. The molecule has 1 saturated carbocycles. The number of nitrogens with zero attached hydrogens (tertiary/aromatic N) is 1. The number of nitrogens with two attached hydrogens (primary N) is 1. The van der Waals surface area contributed by atoms with Crippen LogP contribution in [-0.2, 0) is 11.6 Å². The minimum atomic E-state index is -4.32. The van der Waals surface area contributed by atoms with Gasteiger partial charge in [-0.05, 0) is 24.5 Å². The molecule has 128 valence electrons. The molecule has 3 N–H and O–H groups in total. The van der Waals surface area contributed by atoms with Crippen molar-refractivity contribution in [3.05, 3.63) is 48.0 Å². The SMILES string of the molecule is C=CCNC(N)=NCC1(c2cccc(C(F)(F)F)c2)CCC1.I. The number of alkyl halides is 3. The predicted octanol–water partition coefficient (Wildman–Crippen LogP) is 3.84. The van der Waals surface area contributed by atoms with E-state index >= 15 is 0 Å². The van der Waals surface area contributed by atoms with Gasteiger partial charge in [0.1, 0.15) is 0 Å². The molecular weight excluding hydrogens is 418 g/mol. The van der Waals surface area contributed by atoms with Crippen molar-refractivity contribution in [2.24, 2.45) is 10.7 Å². The van der Waals surface area contributed by atoms with Crippen molar-refractivity contribution >= 4 is 29.9 Å². The fourth-order valence-corrected chi connectivity index (χ4v) is 2.64. The van der Waals surface area contributed by atoms with Gasteiger partial charge in [-0.2, -0.15) is 13.2 Å². The second-order valence-corrected chi connectivity index (χ2v) is 5.58. The summed E-state index contributed by atoms with van der Waals surface area (Å²) < 4.78 is 38.6. The first kappa shape index (κ1) is 19.8. The van der Waals surface area contributed by atoms with Gasteiger partial charge in [0.25, 0.3) is 0 Å². The van der Waals surface area contributed by atoms with Gasteiger partial charge in [-0.1, -0.05) is 30.7 Å². The molecule has 23 heavy (non-hydrogen) atoms. The van der Waals surface area contributed by atoms with Gasteiger partial charge in [-0.3, -0.25) is 4.99 Å². The smallest absolute Gasteiger partial charge is 0.370 e. The van der Waals surface area contributed by atoms with Gasteiger partial charge in [0.2, 0.25) is 0 Å². The Balaban J connectivity index is 0.00000264. The minimum absolute atomic E-state index is 0. The maximum absolute atomic E-state index is 12.9. The first-order valence-electron chi connectivity index (χ1n) is 7.20. The molecular formula is C16H21F3IN3. The van der Waals surface area contributed by atoms with E-state index in [0.717, 1.165) is 25.3 Å². The Morgan fingerprint density at radius 1 is 1.39 bits per heavy atom. The van der Waals surface area contributed by atoms with Crippen LogP contribution in [0, 0.1) is 0 Å². The van der Waals surface area contributed by atoms with Crippen LogP contribution in [0.25, 0.3) is 0 Å². The third-order valence-electron chi connectivity index (χ3n) is 4.09. The molecule has 1 aromatic rings. The van der Waals surface area contributed by atoms with Gasteiger partial charge in [-0.15, -0.1) is 30.6 Å². The summed E-state index contributed by atoms with van der Waals surface area (Å²) in [5.74, 6) is 0.290. The van der Waals surface area contributed by atoms with Gasteiger partial charge in [-0.25, -0.2) is 0 Å². The molecule has 3 nitrogen and oxygen atoms in total. The molecule has 0 heterocycles. The average Bonchev–Trinajstić information content (AvgIpc) is 2.43. The number of nitrogens with one attached hydrogen (secondary N) is 1. The highest BCUT2D eigenvalue weighted by Gasteiger charge is 2.40. The number of rotatable bonds is 5. The van der Waals surface area contributed by atoms with E-state index in [4.69, 9.17) is 5.73 Å². The molecule has 0 aromatic heterocycles. The molecule has 2 rings (SSSR count). The Bertz CT molecular complexity index is 566. The van der Waals surface area contributed by atoms with E-state index in [-0.39, 0.29) is 35.4 Å². The number of hydrogen-bond acceptors (Lipinski definition) is 1. The van der Waals surface area contributed by atoms with Gasteiger partial charge >= 0.3 is 6.18 Å². The van der Waals surface area contributed by atoms with Crippen LogP contribution >= 0.6 is 24.0 Å². The monoisotopic (exact) mass is 439 g/mol. The Labute approximate surface area is 151 Å². The average molecular weight is 439 g/mol. The van der Waals surface area contributed by atoms with Crippen LogP contribution in [0.15, 0.2) is 41.9 Å². The number of hydrogen-bond donors (Lipinski definition) is 2. The standard InChI is InChI=1S/C16H20F3N3.HI/c1-2-9-21-14(20)22-11-15(7-4-8-15)12-5-3-6-13(10-12)16(17,18)19;/h2-3,5-6,10H,1,4,7-9,11H2,(H3,20,21,22);1H. The maximum Gasteiger partial charge on any atom is 0.416 e. The van der Waals surface area contributed by atoms with Crippen molar-refractivity contribution in [3.8, 4) is 0 Å². The van der Waals surface area contributed by atoms with Crippen LogP contribution in [0.3, 0.4) is 0 Å². The van der Waals surface area contributed by atoms with Crippen molar-refractivity contribution in [2.75, 3.05) is 13.1 Å². The van der Waals surface area contributed by atoms with Gasteiger partial charge in [0.05, 0.1) is 12.1 Å². The van der Waals surface area contributed by atoms with Crippen LogP contribution in [0.5, 0.6) is 0 Å². The van der Waals surface area contributed by atoms with Crippen molar-refractivity contribution < 1.29 is 13.2 Å². The lowest BCUT2D eigenvalue weighted by Crippen LogP contribution is -2.40. The molecule has 0 spiro atoms. The van der Waals surface area contributed by atoms with Crippen LogP contribution in [0.1, 0.15) is 30.4 Å². The number of benzene rings is 1. The van der Waals surface area contributed by atoms with Crippen molar-refractivity contribution in [1.29, 1.82) is 0 Å². The van der Waals surface area contributed by atoms with E-state index in [1.165, 1.54) is 12.1 Å². The molecule has 0 saturated heterocycles. The normalized spacial score (nSPS) is 16.9. The first-order chi connectivity index (χ1) is 10.4. The molecule has 0 atom stereocenters. The zero-order valence-corrected chi connectivity index (χ0v) is 15.0. The van der Waals surface area contributed by atoms with Crippen molar-refractivity contribution in [3.63, 3.8) is 0 Å². The highest BCUT2D eigenvalue weighted by atomic mass is 127. The molecule has 0 bridgehead atoms. The molecule has 0 aliphatic heterocycles. The summed E-state index contributed by atoms with van der Waals surface area (Å²) in [6.07, 6.45) is -0.0199. The lowest BCUT2D eigenvalue weighted by molar-refractivity contribution is -0.137. The van der Waals surface area contributed by atoms with E-state index in [1.807, 2.05) is 0 Å². The fourth-order valence-electron chi connectivity index (χ4n) is 2.64. The summed E-state index contributed by atoms with van der Waals surface area (Å²) >= 11 is 0. The van der Waals surface area contributed by atoms with Crippen LogP contribution in [0.4, 0.5) is 13.2 Å². The number of guanidine groups is 1. The molecule has 0 amide bonds. The topological polar surface area (TPSA) is 50.4 Å². The molecule has 1 aromatic carbocycles. The second-order valence-electron chi connectivity index (χ2n) is 5.58. The molecule has 1 aliphatic carbocycles. The minimum Gasteiger partial charge on any atom is -0.370 e. The van der Waals surface area contributed by atoms with E-state index in [1.54, 1.807) is 12.1 Å². The van der Waals surface area contributed by atoms with Crippen molar-refractivity contribution in [2.45, 2.75) is 30.9 Å². The molecule has 7 heteroatoms. The van der Waals surface area contributed by atoms with Crippen LogP contribution in [0.2, 0.25) is 0 Å². The fraction of sp³-hybridized carbons (Fsp3) is 0.438. The summed E-state index contributed by atoms with van der Waals surface area (Å²) in [5, 5.41) is 2.87. The van der Waals surface area contributed by atoms with Gasteiger partial charge in [0, 0.05) is 12.0 Å². The van der Waals surface area contributed by atoms with Crippen LogP contribution < -0.4 is 11.1 Å². The van der Waals surface area contributed by atoms with Gasteiger partial charge < -0.3 is 11.1 Å². The lowest BCUT2D eigenvalue weighted by atomic mass is 9.64. The molecule has 1 fully saturated rings. The summed E-state index contributed by atoms with van der Waals surface area (Å²) in [7, 11) is 0. The highest BCUT2D eigenvalue weighted by Crippen LogP contribution is 2.45. The Morgan fingerprint density at radius 3 is 2.61 bits per heavy atom. The highest BCUT2D eigenvalue weighted by molar-refractivity contribution is 14.0. The van der Waals surface area contributed by atoms with Crippen molar-refractivity contribution in [1.82, 2.24) is 5.32 Å². The largest absolute Gasteiger partial charge is 0.416 e. The molecule has 0 unspecified atom stereocenters. The summed E-state index contributed by atoms with van der Waals surface area (Å²) in [6.45, 7) is 4.47. The molecule has 1 aliphatic rings. The summed E-state index contributed by atoms with van der Waals surface area (Å²) in [5.41, 5.74) is 5.48. The zero-order chi connectivity index (χ0) is 16.2. The van der Waals surface area contributed by atoms with E-state index in [0.29, 0.717) is 18.7 Å². The Morgan fingerprint density at radius 2 is 2.09 bits per heavy atom. The lowest BCUT2D eigenvalue weighted by Gasteiger charge is -2.41. The first-order valence-corrected chi connectivity index (χ1v) is 7.20. The zero-order valence-electron chi connectivity index (χ0n) is 12.7. The molecule has 0 radical (unpaired) electrons. The Kier molecular flexibility index (Phi) is 6.91. The Hall–Kier alpha value is -1.25. The summed E-state index contributed by atoms with van der Waals surface area (Å²) in [6, 6.07) is 5.54.